The monoisotopic (exact) mass is 220 g/mol. The lowest BCUT2D eigenvalue weighted by Gasteiger charge is -2.51. The highest BCUT2D eigenvalue weighted by Crippen LogP contribution is 2.70. The fourth-order valence-electron chi connectivity index (χ4n) is 4.04. The molecule has 0 amide bonds. The van der Waals surface area contributed by atoms with E-state index in [1.165, 1.54) is 6.92 Å². The first kappa shape index (κ1) is 10.2. The van der Waals surface area contributed by atoms with Gasteiger partial charge in [0.05, 0.1) is 16.6 Å². The van der Waals surface area contributed by atoms with Gasteiger partial charge in [0, 0.05) is 12.8 Å². The summed E-state index contributed by atoms with van der Waals surface area (Å²) in [5, 5.41) is 0. The smallest absolute Gasteiger partial charge is 0.207 e. The molecule has 1 aliphatic carbocycles. The quantitative estimate of drug-likeness (QED) is 0.525. The number of carbonyl (C=O) groups excluding carboxylic acids is 2. The first-order chi connectivity index (χ1) is 7.36. The van der Waals surface area contributed by atoms with E-state index in [0.717, 1.165) is 12.8 Å². The molecule has 1 saturated heterocycles. The predicted molar refractivity (Wildman–Crippen MR) is 57.9 cm³/mol. The topological polar surface area (TPSA) is 43.4 Å². The summed E-state index contributed by atoms with van der Waals surface area (Å²) in [6.45, 7) is 5.33. The molecule has 0 N–H and O–H groups in total. The Morgan fingerprint density at radius 1 is 1.31 bits per heavy atom. The minimum Gasteiger partial charge on any atom is -0.360 e. The Hall–Kier alpha value is -0.960. The van der Waals surface area contributed by atoms with E-state index in [1.807, 2.05) is 19.9 Å². The number of hydrogen-bond donors (Lipinski definition) is 0. The summed E-state index contributed by atoms with van der Waals surface area (Å²) >= 11 is 0. The number of hydrogen-bond acceptors (Lipinski definition) is 3. The van der Waals surface area contributed by atoms with Gasteiger partial charge in [0.15, 0.2) is 5.78 Å². The average Bonchev–Trinajstić information content (AvgIpc) is 2.46. The fourth-order valence-corrected chi connectivity index (χ4v) is 4.04. The maximum Gasteiger partial charge on any atom is 0.207 e. The van der Waals surface area contributed by atoms with Gasteiger partial charge in [0.25, 0.3) is 0 Å². The first-order valence-corrected chi connectivity index (χ1v) is 5.82. The third-order valence-corrected chi connectivity index (χ3v) is 4.89. The van der Waals surface area contributed by atoms with Crippen molar-refractivity contribution < 1.29 is 14.3 Å². The van der Waals surface area contributed by atoms with Gasteiger partial charge in [-0.05, 0) is 26.7 Å². The van der Waals surface area contributed by atoms with Crippen molar-refractivity contribution in [2.75, 3.05) is 0 Å². The van der Waals surface area contributed by atoms with Gasteiger partial charge in [-0.25, -0.2) is 0 Å². The second kappa shape index (κ2) is 2.48. The maximum absolute atomic E-state index is 12.2. The number of Topliss-reactive ketones (excluding diaryl/α,β-unsaturated/α-hetero) is 2. The third kappa shape index (κ3) is 0.786. The summed E-state index contributed by atoms with van der Waals surface area (Å²) in [5.74, 6) is -0.384. The van der Waals surface area contributed by atoms with Crippen molar-refractivity contribution in [1.82, 2.24) is 0 Å². The van der Waals surface area contributed by atoms with Gasteiger partial charge in [-0.3, -0.25) is 9.59 Å². The largest absolute Gasteiger partial charge is 0.360 e. The molecule has 4 atom stereocenters. The SMILES string of the molecule is CC(=O)C(=O)[C@]12CC[C@H]1[C@]1(C)C=C[C@@]2(C)O1. The van der Waals surface area contributed by atoms with Crippen molar-refractivity contribution in [1.29, 1.82) is 0 Å². The van der Waals surface area contributed by atoms with Crippen LogP contribution in [0.2, 0.25) is 0 Å². The number of carbonyl (C=O) groups is 2. The minimum absolute atomic E-state index is 0.186. The van der Waals surface area contributed by atoms with Gasteiger partial charge in [-0.1, -0.05) is 12.2 Å². The summed E-state index contributed by atoms with van der Waals surface area (Å²) < 4.78 is 6.02. The van der Waals surface area contributed by atoms with E-state index in [1.54, 1.807) is 0 Å². The lowest BCUT2D eigenvalue weighted by atomic mass is 9.47. The summed E-state index contributed by atoms with van der Waals surface area (Å²) in [6, 6.07) is 0. The molecular formula is C13H16O3. The Kier molecular flexibility index (Phi) is 1.58. The molecule has 2 bridgehead atoms. The number of rotatable bonds is 2. The zero-order valence-electron chi connectivity index (χ0n) is 9.87. The van der Waals surface area contributed by atoms with Crippen LogP contribution in [-0.4, -0.2) is 22.8 Å². The van der Waals surface area contributed by atoms with Crippen LogP contribution in [0.5, 0.6) is 0 Å². The van der Waals surface area contributed by atoms with E-state index >= 15 is 0 Å². The molecule has 2 aliphatic heterocycles. The van der Waals surface area contributed by atoms with Crippen molar-refractivity contribution in [3.05, 3.63) is 12.2 Å². The van der Waals surface area contributed by atoms with Crippen LogP contribution in [0.1, 0.15) is 33.6 Å². The number of fused-ring (bicyclic) bond motifs is 5. The highest BCUT2D eigenvalue weighted by Gasteiger charge is 2.76. The molecule has 2 fully saturated rings. The molecule has 0 aromatic carbocycles. The Morgan fingerprint density at radius 3 is 2.44 bits per heavy atom. The zero-order chi connectivity index (χ0) is 11.8. The predicted octanol–water partition coefficient (Wildman–Crippen LogP) is 1.66. The molecule has 86 valence electrons. The zero-order valence-corrected chi connectivity index (χ0v) is 9.87. The molecule has 0 aromatic rings. The second-order valence-corrected chi connectivity index (χ2v) is 5.67. The maximum atomic E-state index is 12.2. The summed E-state index contributed by atoms with van der Waals surface area (Å²) in [7, 11) is 0. The van der Waals surface area contributed by atoms with Crippen LogP contribution < -0.4 is 0 Å². The molecule has 2 heterocycles. The molecule has 0 radical (unpaired) electrons. The molecule has 3 nitrogen and oxygen atoms in total. The van der Waals surface area contributed by atoms with Crippen molar-refractivity contribution in [2.45, 2.75) is 44.8 Å². The summed E-state index contributed by atoms with van der Waals surface area (Å²) in [6.07, 6.45) is 5.80. The lowest BCUT2D eigenvalue weighted by Crippen LogP contribution is -2.60. The van der Waals surface area contributed by atoms with Crippen LogP contribution in [0.3, 0.4) is 0 Å². The fraction of sp³-hybridized carbons (Fsp3) is 0.692. The van der Waals surface area contributed by atoms with Gasteiger partial charge >= 0.3 is 0 Å². The highest BCUT2D eigenvalue weighted by atomic mass is 16.5. The molecule has 0 unspecified atom stereocenters. The molecule has 3 rings (SSSR count). The number of ether oxygens (including phenoxy) is 1. The van der Waals surface area contributed by atoms with Crippen LogP contribution in [0.25, 0.3) is 0 Å². The van der Waals surface area contributed by atoms with Crippen LogP contribution in [0, 0.1) is 11.3 Å². The van der Waals surface area contributed by atoms with E-state index in [0.29, 0.717) is 0 Å². The number of ketones is 2. The minimum atomic E-state index is -0.567. The molecule has 0 aromatic heterocycles. The molecular weight excluding hydrogens is 204 g/mol. The first-order valence-electron chi connectivity index (χ1n) is 5.82. The van der Waals surface area contributed by atoms with E-state index < -0.39 is 11.0 Å². The Bertz CT molecular complexity index is 438. The Labute approximate surface area is 94.8 Å². The molecule has 3 heteroatoms. The van der Waals surface area contributed by atoms with Crippen LogP contribution in [0.15, 0.2) is 12.2 Å². The van der Waals surface area contributed by atoms with Gasteiger partial charge in [0.2, 0.25) is 5.78 Å². The molecule has 1 saturated carbocycles. The van der Waals surface area contributed by atoms with Crippen molar-refractivity contribution in [2.24, 2.45) is 11.3 Å². The van der Waals surface area contributed by atoms with Crippen molar-refractivity contribution in [3.63, 3.8) is 0 Å². The normalized spacial score (nSPS) is 52.3. The molecule has 3 aliphatic rings. The molecule has 16 heavy (non-hydrogen) atoms. The van der Waals surface area contributed by atoms with E-state index in [4.69, 9.17) is 4.74 Å². The van der Waals surface area contributed by atoms with Gasteiger partial charge in [-0.2, -0.15) is 0 Å². The van der Waals surface area contributed by atoms with Crippen molar-refractivity contribution >= 4 is 11.6 Å². The highest BCUT2D eigenvalue weighted by molar-refractivity contribution is 6.39. The summed E-state index contributed by atoms with van der Waals surface area (Å²) in [5.41, 5.74) is -1.46. The van der Waals surface area contributed by atoms with Gasteiger partial charge < -0.3 is 4.74 Å². The summed E-state index contributed by atoms with van der Waals surface area (Å²) in [4.78, 5) is 23.6. The van der Waals surface area contributed by atoms with Crippen LogP contribution in [0.4, 0.5) is 0 Å². The van der Waals surface area contributed by atoms with Crippen LogP contribution >= 0.6 is 0 Å². The third-order valence-electron chi connectivity index (χ3n) is 4.89. The van der Waals surface area contributed by atoms with E-state index in [9.17, 15) is 9.59 Å². The lowest BCUT2D eigenvalue weighted by molar-refractivity contribution is -0.153. The van der Waals surface area contributed by atoms with Gasteiger partial charge in [-0.15, -0.1) is 0 Å². The standard InChI is InChI=1S/C13H16O3/c1-8(14)10(15)13-5-4-9(13)11(2)6-7-12(13,3)16-11/h6-7,9H,4-5H2,1-3H3/t9-,11-,12+,13-/m0/s1. The average molecular weight is 220 g/mol. The Balaban J connectivity index is 2.14. The Morgan fingerprint density at radius 2 is 2.00 bits per heavy atom. The van der Waals surface area contributed by atoms with Crippen molar-refractivity contribution in [3.8, 4) is 0 Å². The van der Waals surface area contributed by atoms with Crippen LogP contribution in [-0.2, 0) is 14.3 Å². The van der Waals surface area contributed by atoms with E-state index in [2.05, 4.69) is 6.08 Å². The van der Waals surface area contributed by atoms with E-state index in [-0.39, 0.29) is 23.1 Å². The van der Waals surface area contributed by atoms with Gasteiger partial charge in [0.1, 0.15) is 0 Å². The second-order valence-electron chi connectivity index (χ2n) is 5.67. The molecule has 0 spiro atoms.